The molecule has 0 atom stereocenters. The van der Waals surface area contributed by atoms with Gasteiger partial charge in [0.05, 0.1) is 13.7 Å². The second-order valence-corrected chi connectivity index (χ2v) is 4.98. The first kappa shape index (κ1) is 10.9. The molecule has 0 bridgehead atoms. The van der Waals surface area contributed by atoms with E-state index in [0.717, 1.165) is 18.2 Å². The van der Waals surface area contributed by atoms with Crippen LogP contribution in [0.15, 0.2) is 12.1 Å². The fourth-order valence-corrected chi connectivity index (χ4v) is 2.56. The Kier molecular flexibility index (Phi) is 3.61. The number of hydrogen-bond acceptors (Lipinski definition) is 4. The first-order valence-corrected chi connectivity index (χ1v) is 6.12. The van der Waals surface area contributed by atoms with E-state index in [0.29, 0.717) is 6.04 Å². The van der Waals surface area contributed by atoms with E-state index in [9.17, 15) is 0 Å². The van der Waals surface area contributed by atoms with E-state index in [1.165, 1.54) is 17.7 Å². The number of hydrogen-bond donors (Lipinski definition) is 1. The molecule has 1 fully saturated rings. The zero-order valence-electron chi connectivity index (χ0n) is 8.98. The molecule has 0 unspecified atom stereocenters. The maximum atomic E-state index is 8.98. The number of nitrogens with zero attached hydrogens (tertiary/aromatic N) is 1. The van der Waals surface area contributed by atoms with E-state index in [-0.39, 0.29) is 6.61 Å². The molecular weight excluding hydrogens is 210 g/mol. The topological polar surface area (TPSA) is 32.7 Å². The van der Waals surface area contributed by atoms with Crippen molar-refractivity contribution in [2.75, 3.05) is 20.3 Å². The van der Waals surface area contributed by atoms with E-state index >= 15 is 0 Å². The Hall–Kier alpha value is -0.580. The first-order chi connectivity index (χ1) is 7.33. The zero-order chi connectivity index (χ0) is 10.7. The predicted molar refractivity (Wildman–Crippen MR) is 61.4 cm³/mol. The van der Waals surface area contributed by atoms with Crippen molar-refractivity contribution < 1.29 is 9.84 Å². The summed E-state index contributed by atoms with van der Waals surface area (Å²) in [5, 5.41) is 9.94. The lowest BCUT2D eigenvalue weighted by atomic mass is 10.4. The fraction of sp³-hybridized carbons (Fsp3) is 0.636. The minimum absolute atomic E-state index is 0.249. The largest absolute Gasteiger partial charge is 0.487 e. The van der Waals surface area contributed by atoms with Gasteiger partial charge in [-0.25, -0.2) is 0 Å². The van der Waals surface area contributed by atoms with Gasteiger partial charge in [-0.2, -0.15) is 0 Å². The summed E-state index contributed by atoms with van der Waals surface area (Å²) in [6.07, 6.45) is 2.56. The average molecular weight is 227 g/mol. The number of thiophene rings is 1. The Morgan fingerprint density at radius 1 is 1.53 bits per heavy atom. The molecule has 1 aromatic rings. The molecule has 4 heteroatoms. The van der Waals surface area contributed by atoms with Crippen molar-refractivity contribution >= 4 is 11.3 Å². The minimum atomic E-state index is 0.249. The summed E-state index contributed by atoms with van der Waals surface area (Å²) in [6.45, 7) is 1.98. The van der Waals surface area contributed by atoms with Crippen LogP contribution in [0.4, 0.5) is 0 Å². The molecule has 15 heavy (non-hydrogen) atoms. The van der Waals surface area contributed by atoms with Crippen LogP contribution in [0.2, 0.25) is 0 Å². The second-order valence-electron chi connectivity index (χ2n) is 3.85. The molecule has 1 heterocycles. The number of methoxy groups -OCH3 is 1. The number of ether oxygens (including phenoxy) is 1. The quantitative estimate of drug-likeness (QED) is 0.803. The van der Waals surface area contributed by atoms with Crippen LogP contribution in [0.1, 0.15) is 17.7 Å². The first-order valence-electron chi connectivity index (χ1n) is 5.31. The smallest absolute Gasteiger partial charge is 0.173 e. The van der Waals surface area contributed by atoms with Gasteiger partial charge in [-0.1, -0.05) is 0 Å². The molecule has 1 saturated carbocycles. The van der Waals surface area contributed by atoms with E-state index in [1.54, 1.807) is 18.4 Å². The maximum absolute atomic E-state index is 8.98. The Bertz CT molecular complexity index is 309. The molecular formula is C11H17NO2S. The molecule has 0 amide bonds. The average Bonchev–Trinajstić information content (AvgIpc) is 2.99. The van der Waals surface area contributed by atoms with Crippen molar-refractivity contribution in [1.82, 2.24) is 4.90 Å². The SMILES string of the molecule is COc1ccc(CN(CCO)C2CC2)s1. The van der Waals surface area contributed by atoms with Gasteiger partial charge in [0.25, 0.3) is 0 Å². The molecule has 84 valence electrons. The molecule has 0 aromatic carbocycles. The van der Waals surface area contributed by atoms with E-state index in [2.05, 4.69) is 11.0 Å². The van der Waals surface area contributed by atoms with Crippen LogP contribution >= 0.6 is 11.3 Å². The molecule has 2 rings (SSSR count). The summed E-state index contributed by atoms with van der Waals surface area (Å²) in [5.41, 5.74) is 0. The number of aliphatic hydroxyl groups excluding tert-OH is 1. The van der Waals surface area contributed by atoms with Crippen LogP contribution < -0.4 is 4.74 Å². The van der Waals surface area contributed by atoms with Crippen LogP contribution in [0.5, 0.6) is 5.06 Å². The molecule has 0 aliphatic heterocycles. The molecule has 0 saturated heterocycles. The Balaban J connectivity index is 1.92. The summed E-state index contributed by atoms with van der Waals surface area (Å²) < 4.78 is 5.16. The van der Waals surface area contributed by atoms with Crippen molar-refractivity contribution in [3.8, 4) is 5.06 Å². The third-order valence-electron chi connectivity index (χ3n) is 2.65. The molecule has 0 radical (unpaired) electrons. The van der Waals surface area contributed by atoms with Crippen molar-refractivity contribution in [2.45, 2.75) is 25.4 Å². The molecule has 1 aliphatic rings. The Morgan fingerprint density at radius 2 is 2.33 bits per heavy atom. The van der Waals surface area contributed by atoms with Gasteiger partial charge in [-0.05, 0) is 25.0 Å². The molecule has 0 spiro atoms. The summed E-state index contributed by atoms with van der Waals surface area (Å²) in [5.74, 6) is 0. The van der Waals surface area contributed by atoms with Crippen molar-refractivity contribution in [2.24, 2.45) is 0 Å². The highest BCUT2D eigenvalue weighted by atomic mass is 32.1. The van der Waals surface area contributed by atoms with Gasteiger partial charge < -0.3 is 9.84 Å². The maximum Gasteiger partial charge on any atom is 0.173 e. The zero-order valence-corrected chi connectivity index (χ0v) is 9.80. The van der Waals surface area contributed by atoms with Crippen LogP contribution in [-0.2, 0) is 6.54 Å². The van der Waals surface area contributed by atoms with E-state index in [1.807, 2.05) is 6.07 Å². The monoisotopic (exact) mass is 227 g/mol. The van der Waals surface area contributed by atoms with Gasteiger partial charge in [-0.3, -0.25) is 4.90 Å². The highest BCUT2D eigenvalue weighted by Crippen LogP contribution is 2.31. The fourth-order valence-electron chi connectivity index (χ4n) is 1.71. The van der Waals surface area contributed by atoms with Gasteiger partial charge in [-0.15, -0.1) is 11.3 Å². The lowest BCUT2D eigenvalue weighted by Gasteiger charge is -2.19. The Labute approximate surface area is 94.3 Å². The lowest BCUT2D eigenvalue weighted by Crippen LogP contribution is -2.28. The summed E-state index contributed by atoms with van der Waals surface area (Å²) >= 11 is 1.69. The Morgan fingerprint density at radius 3 is 2.87 bits per heavy atom. The summed E-state index contributed by atoms with van der Waals surface area (Å²) in [6, 6.07) is 4.81. The molecule has 1 N–H and O–H groups in total. The predicted octanol–water partition coefficient (Wildman–Crippen LogP) is 1.71. The highest BCUT2D eigenvalue weighted by molar-refractivity contribution is 7.13. The highest BCUT2D eigenvalue weighted by Gasteiger charge is 2.28. The van der Waals surface area contributed by atoms with Crippen LogP contribution in [0.25, 0.3) is 0 Å². The standard InChI is InChI=1S/C11H17NO2S/c1-14-11-5-4-10(15-11)8-12(6-7-13)9-2-3-9/h4-5,9,13H,2-3,6-8H2,1H3. The van der Waals surface area contributed by atoms with Gasteiger partial charge in [0, 0.05) is 24.0 Å². The van der Waals surface area contributed by atoms with Crippen LogP contribution in [0, 0.1) is 0 Å². The minimum Gasteiger partial charge on any atom is -0.487 e. The summed E-state index contributed by atoms with van der Waals surface area (Å²) in [7, 11) is 1.70. The van der Waals surface area contributed by atoms with E-state index in [4.69, 9.17) is 9.84 Å². The molecule has 1 aliphatic carbocycles. The van der Waals surface area contributed by atoms with Gasteiger partial charge in [0.1, 0.15) is 0 Å². The van der Waals surface area contributed by atoms with Crippen molar-refractivity contribution in [3.63, 3.8) is 0 Å². The van der Waals surface area contributed by atoms with Gasteiger partial charge in [0.2, 0.25) is 0 Å². The van der Waals surface area contributed by atoms with Crippen molar-refractivity contribution in [1.29, 1.82) is 0 Å². The van der Waals surface area contributed by atoms with Crippen molar-refractivity contribution in [3.05, 3.63) is 17.0 Å². The van der Waals surface area contributed by atoms with Gasteiger partial charge in [0.15, 0.2) is 5.06 Å². The van der Waals surface area contributed by atoms with Gasteiger partial charge >= 0.3 is 0 Å². The molecule has 1 aromatic heterocycles. The third-order valence-corrected chi connectivity index (χ3v) is 3.68. The number of aliphatic hydroxyl groups is 1. The second kappa shape index (κ2) is 4.96. The number of rotatable bonds is 6. The lowest BCUT2D eigenvalue weighted by molar-refractivity contribution is 0.184. The van der Waals surface area contributed by atoms with Crippen LogP contribution in [-0.4, -0.2) is 36.3 Å². The summed E-state index contributed by atoms with van der Waals surface area (Å²) in [4.78, 5) is 3.66. The normalized spacial score (nSPS) is 15.9. The third kappa shape index (κ3) is 2.93. The van der Waals surface area contributed by atoms with E-state index < -0.39 is 0 Å². The molecule has 3 nitrogen and oxygen atoms in total. The van der Waals surface area contributed by atoms with Crippen LogP contribution in [0.3, 0.4) is 0 Å².